The van der Waals surface area contributed by atoms with Crippen molar-refractivity contribution in [1.29, 1.82) is 0 Å². The van der Waals surface area contributed by atoms with E-state index in [1.807, 2.05) is 0 Å². The maximum Gasteiger partial charge on any atom is 0.304 e. The summed E-state index contributed by atoms with van der Waals surface area (Å²) < 4.78 is 0. The molecule has 0 amide bonds. The van der Waals surface area contributed by atoms with Crippen LogP contribution in [0, 0.1) is 0 Å². The minimum absolute atomic E-state index is 0.252. The maximum atomic E-state index is 10.1. The van der Waals surface area contributed by atoms with Crippen LogP contribution in [0.15, 0.2) is 12.2 Å². The van der Waals surface area contributed by atoms with Crippen molar-refractivity contribution >= 4 is 17.7 Å². The van der Waals surface area contributed by atoms with Gasteiger partial charge in [-0.1, -0.05) is 19.1 Å². The molecule has 0 rings (SSSR count). The summed E-state index contributed by atoms with van der Waals surface area (Å²) in [4.78, 5) is 10.1. The van der Waals surface area contributed by atoms with Crippen LogP contribution in [0.2, 0.25) is 0 Å². The molecule has 0 saturated carbocycles. The van der Waals surface area contributed by atoms with Crippen LogP contribution in [0.25, 0.3) is 0 Å². The maximum absolute atomic E-state index is 10.1. The molecule has 0 aliphatic rings. The second kappa shape index (κ2) is 6.28. The Morgan fingerprint density at radius 3 is 2.73 bits per heavy atom. The van der Waals surface area contributed by atoms with Gasteiger partial charge in [-0.05, 0) is 6.42 Å². The number of hydrogen-bond donors (Lipinski definition) is 1. The van der Waals surface area contributed by atoms with E-state index in [1.54, 1.807) is 11.8 Å². The first kappa shape index (κ1) is 10.6. The van der Waals surface area contributed by atoms with Crippen molar-refractivity contribution in [3.05, 3.63) is 12.2 Å². The van der Waals surface area contributed by atoms with Gasteiger partial charge >= 0.3 is 5.97 Å². The molecule has 0 heterocycles. The van der Waals surface area contributed by atoms with Crippen LogP contribution < -0.4 is 0 Å². The fraction of sp³-hybridized carbons (Fsp3) is 0.625. The summed E-state index contributed by atoms with van der Waals surface area (Å²) in [7, 11) is 0. The van der Waals surface area contributed by atoms with E-state index >= 15 is 0 Å². The van der Waals surface area contributed by atoms with Gasteiger partial charge in [0.05, 0.1) is 6.42 Å². The lowest BCUT2D eigenvalue weighted by atomic mass is 10.3. The molecule has 0 aromatic rings. The van der Waals surface area contributed by atoms with Gasteiger partial charge in [-0.3, -0.25) is 4.79 Å². The number of rotatable bonds is 6. The number of carboxylic acid groups (broad SMARTS) is 1. The normalized spacial score (nSPS) is 9.55. The fourth-order valence-corrected chi connectivity index (χ4v) is 1.43. The number of carboxylic acids is 1. The lowest BCUT2D eigenvalue weighted by Crippen LogP contribution is -1.96. The molecule has 0 unspecified atom stereocenters. The van der Waals surface area contributed by atoms with Crippen LogP contribution in [-0.4, -0.2) is 22.6 Å². The van der Waals surface area contributed by atoms with Gasteiger partial charge in [0, 0.05) is 11.5 Å². The molecule has 0 aromatic heterocycles. The third kappa shape index (κ3) is 7.46. The van der Waals surface area contributed by atoms with Crippen LogP contribution in [-0.2, 0) is 4.79 Å². The Bertz CT molecular complexity index is 143. The number of carbonyl (C=O) groups is 1. The molecule has 0 bridgehead atoms. The Hall–Kier alpha value is -0.440. The van der Waals surface area contributed by atoms with Gasteiger partial charge in [-0.15, -0.1) is 0 Å². The van der Waals surface area contributed by atoms with E-state index in [0.717, 1.165) is 12.2 Å². The highest BCUT2D eigenvalue weighted by Gasteiger charge is 1.96. The van der Waals surface area contributed by atoms with Crippen LogP contribution in [0.1, 0.15) is 19.8 Å². The Morgan fingerprint density at radius 2 is 2.27 bits per heavy atom. The van der Waals surface area contributed by atoms with Gasteiger partial charge < -0.3 is 5.11 Å². The minimum Gasteiger partial charge on any atom is -0.481 e. The molecule has 0 aliphatic heterocycles. The Kier molecular flexibility index (Phi) is 6.03. The first-order valence-electron chi connectivity index (χ1n) is 3.63. The van der Waals surface area contributed by atoms with E-state index in [1.165, 1.54) is 5.57 Å². The average molecular weight is 174 g/mol. The van der Waals surface area contributed by atoms with Gasteiger partial charge in [0.25, 0.3) is 0 Å². The fourth-order valence-electron chi connectivity index (χ4n) is 0.478. The minimum atomic E-state index is -0.723. The molecule has 0 spiro atoms. The first-order chi connectivity index (χ1) is 5.16. The molecule has 0 aliphatic carbocycles. The molecule has 3 heteroatoms. The molecule has 0 aromatic carbocycles. The van der Waals surface area contributed by atoms with Gasteiger partial charge in [0.15, 0.2) is 0 Å². The molecule has 64 valence electrons. The highest BCUT2D eigenvalue weighted by molar-refractivity contribution is 7.99. The van der Waals surface area contributed by atoms with Crippen molar-refractivity contribution in [3.8, 4) is 0 Å². The zero-order valence-corrected chi connectivity index (χ0v) is 7.62. The Balaban J connectivity index is 3.14. The SMILES string of the molecule is C=C(CC)CSCCC(=O)O. The third-order valence-corrected chi connectivity index (χ3v) is 2.37. The molecule has 2 nitrogen and oxygen atoms in total. The molecule has 11 heavy (non-hydrogen) atoms. The molecule has 0 fully saturated rings. The van der Waals surface area contributed by atoms with Crippen molar-refractivity contribution in [1.82, 2.24) is 0 Å². The monoisotopic (exact) mass is 174 g/mol. The third-order valence-electron chi connectivity index (χ3n) is 1.27. The van der Waals surface area contributed by atoms with Crippen molar-refractivity contribution in [2.45, 2.75) is 19.8 Å². The molecule has 1 N–H and O–H groups in total. The molecule has 0 saturated heterocycles. The zero-order chi connectivity index (χ0) is 8.69. The van der Waals surface area contributed by atoms with E-state index in [-0.39, 0.29) is 6.42 Å². The number of thioether (sulfide) groups is 1. The standard InChI is InChI=1S/C8H14O2S/c1-3-7(2)6-11-5-4-8(9)10/h2-6H2,1H3,(H,9,10). The lowest BCUT2D eigenvalue weighted by molar-refractivity contribution is -0.136. The summed E-state index contributed by atoms with van der Waals surface area (Å²) in [6.45, 7) is 5.88. The topological polar surface area (TPSA) is 37.3 Å². The first-order valence-corrected chi connectivity index (χ1v) is 4.78. The number of hydrogen-bond acceptors (Lipinski definition) is 2. The van der Waals surface area contributed by atoms with E-state index in [4.69, 9.17) is 5.11 Å². The highest BCUT2D eigenvalue weighted by atomic mass is 32.2. The van der Waals surface area contributed by atoms with Crippen molar-refractivity contribution in [2.75, 3.05) is 11.5 Å². The zero-order valence-electron chi connectivity index (χ0n) is 6.80. The number of aliphatic carboxylic acids is 1. The summed E-state index contributed by atoms with van der Waals surface area (Å²) in [6, 6.07) is 0. The molecule has 0 radical (unpaired) electrons. The second-order valence-electron chi connectivity index (χ2n) is 2.30. The van der Waals surface area contributed by atoms with E-state index in [2.05, 4.69) is 13.5 Å². The van der Waals surface area contributed by atoms with Gasteiger partial charge in [0.2, 0.25) is 0 Å². The largest absolute Gasteiger partial charge is 0.481 e. The molecular formula is C8H14O2S. The quantitative estimate of drug-likeness (QED) is 0.495. The summed E-state index contributed by atoms with van der Waals surface area (Å²) in [5.41, 5.74) is 1.18. The average Bonchev–Trinajstić information content (AvgIpc) is 1.97. The molecule has 0 atom stereocenters. The second-order valence-corrected chi connectivity index (χ2v) is 3.41. The van der Waals surface area contributed by atoms with Crippen LogP contribution in [0.4, 0.5) is 0 Å². The van der Waals surface area contributed by atoms with E-state index in [0.29, 0.717) is 5.75 Å². The van der Waals surface area contributed by atoms with Crippen LogP contribution in [0.5, 0.6) is 0 Å². The summed E-state index contributed by atoms with van der Waals surface area (Å²) in [5, 5.41) is 8.30. The molecular weight excluding hydrogens is 160 g/mol. The predicted octanol–water partition coefficient (Wildman–Crippen LogP) is 2.16. The van der Waals surface area contributed by atoms with Crippen molar-refractivity contribution < 1.29 is 9.90 Å². The van der Waals surface area contributed by atoms with Crippen molar-refractivity contribution in [3.63, 3.8) is 0 Å². The van der Waals surface area contributed by atoms with Gasteiger partial charge in [-0.2, -0.15) is 11.8 Å². The van der Waals surface area contributed by atoms with E-state index in [9.17, 15) is 4.79 Å². The van der Waals surface area contributed by atoms with Crippen LogP contribution >= 0.6 is 11.8 Å². The van der Waals surface area contributed by atoms with Crippen LogP contribution in [0.3, 0.4) is 0 Å². The van der Waals surface area contributed by atoms with Crippen molar-refractivity contribution in [2.24, 2.45) is 0 Å². The van der Waals surface area contributed by atoms with Gasteiger partial charge in [0.1, 0.15) is 0 Å². The summed E-state index contributed by atoms with van der Waals surface area (Å²) >= 11 is 1.63. The van der Waals surface area contributed by atoms with Gasteiger partial charge in [-0.25, -0.2) is 0 Å². The Labute approximate surface area is 71.7 Å². The highest BCUT2D eigenvalue weighted by Crippen LogP contribution is 2.09. The summed E-state index contributed by atoms with van der Waals surface area (Å²) in [6.07, 6.45) is 1.24. The summed E-state index contributed by atoms with van der Waals surface area (Å²) in [5.74, 6) is 0.859. The predicted molar refractivity (Wildman–Crippen MR) is 49.0 cm³/mol. The smallest absolute Gasteiger partial charge is 0.304 e. The lowest BCUT2D eigenvalue weighted by Gasteiger charge is -1.99. The van der Waals surface area contributed by atoms with E-state index < -0.39 is 5.97 Å². The Morgan fingerprint density at radius 1 is 1.64 bits per heavy atom.